The zero-order valence-electron chi connectivity index (χ0n) is 20.1. The highest BCUT2D eigenvalue weighted by molar-refractivity contribution is 5.95. The van der Waals surface area contributed by atoms with Crippen LogP contribution in [-0.4, -0.2) is 50.7 Å². The molecule has 0 saturated heterocycles. The summed E-state index contributed by atoms with van der Waals surface area (Å²) in [6.07, 6.45) is 7.04. The Balaban J connectivity index is 1.37. The number of fused-ring (bicyclic) bond motifs is 1. The summed E-state index contributed by atoms with van der Waals surface area (Å²) in [4.78, 5) is 29.4. The van der Waals surface area contributed by atoms with Crippen LogP contribution < -0.4 is 10.6 Å². The van der Waals surface area contributed by atoms with E-state index in [1.807, 2.05) is 48.7 Å². The molecule has 0 unspecified atom stereocenters. The number of carbonyl (C=O) groups excluding carboxylic acids is 2. The fraction of sp³-hybridized carbons (Fsp3) is 0.286. The first-order valence-corrected chi connectivity index (χ1v) is 12.3. The summed E-state index contributed by atoms with van der Waals surface area (Å²) >= 11 is 0. The van der Waals surface area contributed by atoms with Crippen LogP contribution in [0.2, 0.25) is 0 Å². The SMILES string of the molecule is CNC(=O)c1ccnc(-c2ccc(Cc3cc(C(=O)N[C@H]4CCCC[C@@H]4O)nn4cccc34)cc2)c1. The minimum Gasteiger partial charge on any atom is -0.391 e. The molecule has 3 N–H and O–H groups in total. The predicted octanol–water partition coefficient (Wildman–Crippen LogP) is 3.38. The van der Waals surface area contributed by atoms with Crippen LogP contribution in [0.25, 0.3) is 16.8 Å². The molecule has 1 aliphatic rings. The van der Waals surface area contributed by atoms with E-state index in [1.54, 1.807) is 29.9 Å². The maximum absolute atomic E-state index is 13.0. The molecule has 1 aliphatic carbocycles. The Morgan fingerprint density at radius 1 is 1.06 bits per heavy atom. The molecular weight excluding hydrogens is 454 g/mol. The minimum atomic E-state index is -0.512. The van der Waals surface area contributed by atoms with Crippen molar-refractivity contribution in [1.29, 1.82) is 0 Å². The van der Waals surface area contributed by atoms with E-state index >= 15 is 0 Å². The summed E-state index contributed by atoms with van der Waals surface area (Å²) in [7, 11) is 1.60. The Morgan fingerprint density at radius 2 is 1.86 bits per heavy atom. The monoisotopic (exact) mass is 483 g/mol. The Bertz CT molecular complexity index is 1400. The number of carbonyl (C=O) groups is 2. The molecule has 0 aliphatic heterocycles. The molecule has 3 heterocycles. The number of rotatable bonds is 6. The molecule has 1 aromatic carbocycles. The average Bonchev–Trinajstić information content (AvgIpc) is 3.39. The van der Waals surface area contributed by atoms with Gasteiger partial charge in [-0.1, -0.05) is 37.1 Å². The van der Waals surface area contributed by atoms with E-state index in [0.29, 0.717) is 24.1 Å². The fourth-order valence-electron chi connectivity index (χ4n) is 4.76. The van der Waals surface area contributed by atoms with Gasteiger partial charge in [-0.05, 0) is 60.7 Å². The first-order chi connectivity index (χ1) is 17.5. The van der Waals surface area contributed by atoms with E-state index in [1.165, 1.54) is 0 Å². The van der Waals surface area contributed by atoms with Crippen molar-refractivity contribution in [2.24, 2.45) is 0 Å². The van der Waals surface area contributed by atoms with Crippen LogP contribution in [0.15, 0.2) is 67.0 Å². The molecular formula is C28H29N5O3. The van der Waals surface area contributed by atoms with Crippen LogP contribution in [0.5, 0.6) is 0 Å². The topological polar surface area (TPSA) is 109 Å². The van der Waals surface area contributed by atoms with E-state index in [2.05, 4.69) is 20.7 Å². The van der Waals surface area contributed by atoms with Gasteiger partial charge in [-0.15, -0.1) is 0 Å². The molecule has 1 fully saturated rings. The number of hydrogen-bond donors (Lipinski definition) is 3. The quantitative estimate of drug-likeness (QED) is 0.390. The van der Waals surface area contributed by atoms with Gasteiger partial charge in [-0.25, -0.2) is 4.52 Å². The smallest absolute Gasteiger partial charge is 0.272 e. The second-order valence-corrected chi connectivity index (χ2v) is 9.21. The lowest BCUT2D eigenvalue weighted by molar-refractivity contribution is 0.0712. The first kappa shape index (κ1) is 23.7. The molecule has 8 nitrogen and oxygen atoms in total. The molecule has 184 valence electrons. The van der Waals surface area contributed by atoms with Gasteiger partial charge in [0.25, 0.3) is 11.8 Å². The van der Waals surface area contributed by atoms with E-state index < -0.39 is 6.10 Å². The Labute approximate surface area is 209 Å². The van der Waals surface area contributed by atoms with Crippen molar-refractivity contribution < 1.29 is 14.7 Å². The number of pyridine rings is 1. The van der Waals surface area contributed by atoms with Gasteiger partial charge in [-0.2, -0.15) is 5.10 Å². The highest BCUT2D eigenvalue weighted by Gasteiger charge is 2.25. The van der Waals surface area contributed by atoms with Crippen molar-refractivity contribution in [3.63, 3.8) is 0 Å². The Morgan fingerprint density at radius 3 is 2.64 bits per heavy atom. The second-order valence-electron chi connectivity index (χ2n) is 9.21. The second kappa shape index (κ2) is 10.3. The Kier molecular flexibility index (Phi) is 6.77. The van der Waals surface area contributed by atoms with Crippen molar-refractivity contribution in [3.05, 3.63) is 89.4 Å². The summed E-state index contributed by atoms with van der Waals surface area (Å²) in [5.74, 6) is -0.419. The van der Waals surface area contributed by atoms with Gasteiger partial charge >= 0.3 is 0 Å². The van der Waals surface area contributed by atoms with Gasteiger partial charge in [-0.3, -0.25) is 14.6 Å². The largest absolute Gasteiger partial charge is 0.391 e. The minimum absolute atomic E-state index is 0.151. The van der Waals surface area contributed by atoms with E-state index in [0.717, 1.165) is 47.2 Å². The number of aromatic nitrogens is 3. The molecule has 0 radical (unpaired) electrons. The highest BCUT2D eigenvalue weighted by atomic mass is 16.3. The molecule has 0 bridgehead atoms. The molecule has 36 heavy (non-hydrogen) atoms. The standard InChI is InChI=1S/C28H29N5O3/c1-29-27(35)20-12-13-30-23(16-20)19-10-8-18(9-11-19)15-21-17-24(32-33-14-4-6-25(21)33)28(36)31-22-5-2-3-7-26(22)34/h4,6,8-14,16-17,22,26,34H,2-3,5,7,15H2,1H3,(H,29,35)(H,31,36)/t22-,26-/m0/s1. The molecule has 3 aromatic heterocycles. The van der Waals surface area contributed by atoms with Crippen LogP contribution in [0.3, 0.4) is 0 Å². The maximum Gasteiger partial charge on any atom is 0.272 e. The zero-order valence-corrected chi connectivity index (χ0v) is 20.1. The summed E-state index contributed by atoms with van der Waals surface area (Å²) in [5.41, 5.74) is 5.53. The van der Waals surface area contributed by atoms with Crippen molar-refractivity contribution in [2.45, 2.75) is 44.2 Å². The fourth-order valence-corrected chi connectivity index (χ4v) is 4.76. The molecule has 2 atom stereocenters. The van der Waals surface area contributed by atoms with E-state index in [4.69, 9.17) is 0 Å². The number of aliphatic hydroxyl groups is 1. The van der Waals surface area contributed by atoms with Crippen LogP contribution in [0.1, 0.15) is 57.7 Å². The van der Waals surface area contributed by atoms with Gasteiger partial charge in [0, 0.05) is 30.6 Å². The zero-order chi connectivity index (χ0) is 25.1. The summed E-state index contributed by atoms with van der Waals surface area (Å²) in [5, 5.41) is 20.3. The van der Waals surface area contributed by atoms with Crippen LogP contribution >= 0.6 is 0 Å². The average molecular weight is 484 g/mol. The van der Waals surface area contributed by atoms with Gasteiger partial charge < -0.3 is 15.7 Å². The van der Waals surface area contributed by atoms with E-state index in [9.17, 15) is 14.7 Å². The lowest BCUT2D eigenvalue weighted by Gasteiger charge is -2.28. The Hall–Kier alpha value is -4.04. The molecule has 2 amide bonds. The third kappa shape index (κ3) is 4.99. The summed E-state index contributed by atoms with van der Waals surface area (Å²) < 4.78 is 1.73. The van der Waals surface area contributed by atoms with Gasteiger partial charge in [0.1, 0.15) is 5.69 Å². The van der Waals surface area contributed by atoms with Crippen LogP contribution in [0.4, 0.5) is 0 Å². The molecule has 0 spiro atoms. The predicted molar refractivity (Wildman–Crippen MR) is 137 cm³/mol. The summed E-state index contributed by atoms with van der Waals surface area (Å²) in [6.45, 7) is 0. The van der Waals surface area contributed by atoms with Gasteiger partial charge in [0.2, 0.25) is 0 Å². The van der Waals surface area contributed by atoms with Crippen molar-refractivity contribution in [1.82, 2.24) is 25.2 Å². The highest BCUT2D eigenvalue weighted by Crippen LogP contribution is 2.23. The maximum atomic E-state index is 13.0. The van der Waals surface area contributed by atoms with Crippen LogP contribution in [0, 0.1) is 0 Å². The number of benzene rings is 1. The molecule has 8 heteroatoms. The van der Waals surface area contributed by atoms with E-state index in [-0.39, 0.29) is 17.9 Å². The molecule has 4 aromatic rings. The molecule has 1 saturated carbocycles. The first-order valence-electron chi connectivity index (χ1n) is 12.3. The number of nitrogens with zero attached hydrogens (tertiary/aromatic N) is 3. The third-order valence-electron chi connectivity index (χ3n) is 6.76. The van der Waals surface area contributed by atoms with Crippen LogP contribution in [-0.2, 0) is 6.42 Å². The summed E-state index contributed by atoms with van der Waals surface area (Å²) in [6, 6.07) is 17.0. The lowest BCUT2D eigenvalue weighted by atomic mass is 9.92. The van der Waals surface area contributed by atoms with Gasteiger partial charge in [0.15, 0.2) is 0 Å². The molecule has 5 rings (SSSR count). The van der Waals surface area contributed by atoms with Crippen molar-refractivity contribution in [2.75, 3.05) is 7.05 Å². The lowest BCUT2D eigenvalue weighted by Crippen LogP contribution is -2.45. The number of aliphatic hydroxyl groups excluding tert-OH is 1. The van der Waals surface area contributed by atoms with Crippen molar-refractivity contribution in [3.8, 4) is 11.3 Å². The number of hydrogen-bond acceptors (Lipinski definition) is 5. The normalized spacial score (nSPS) is 17.6. The number of nitrogens with one attached hydrogen (secondary N) is 2. The number of amides is 2. The third-order valence-corrected chi connectivity index (χ3v) is 6.76. The van der Waals surface area contributed by atoms with Gasteiger partial charge in [0.05, 0.1) is 23.4 Å². The van der Waals surface area contributed by atoms with Crippen molar-refractivity contribution >= 4 is 17.3 Å².